The van der Waals surface area contributed by atoms with Crippen LogP contribution in [0.25, 0.3) is 0 Å². The monoisotopic (exact) mass is 287 g/mol. The Labute approximate surface area is 117 Å². The summed E-state index contributed by atoms with van der Waals surface area (Å²) in [5, 5.41) is 6.15. The predicted molar refractivity (Wildman–Crippen MR) is 75.8 cm³/mol. The fourth-order valence-corrected chi connectivity index (χ4v) is 1.75. The quantitative estimate of drug-likeness (QED) is 0.720. The van der Waals surface area contributed by atoms with Crippen molar-refractivity contribution in [2.45, 2.75) is 25.8 Å². The second-order valence-electron chi connectivity index (χ2n) is 4.26. The van der Waals surface area contributed by atoms with E-state index in [2.05, 4.69) is 10.6 Å². The van der Waals surface area contributed by atoms with Crippen LogP contribution in [0.4, 0.5) is 10.1 Å². The highest BCUT2D eigenvalue weighted by Gasteiger charge is 2.13. The molecule has 4 N–H and O–H groups in total. The van der Waals surface area contributed by atoms with E-state index in [1.807, 2.05) is 6.92 Å². The van der Waals surface area contributed by atoms with Gasteiger partial charge >= 0.3 is 0 Å². The van der Waals surface area contributed by atoms with Crippen molar-refractivity contribution in [1.82, 2.24) is 5.32 Å². The molecule has 0 bridgehead atoms. The van der Waals surface area contributed by atoms with Gasteiger partial charge in [0.15, 0.2) is 0 Å². The summed E-state index contributed by atoms with van der Waals surface area (Å²) in [5.41, 5.74) is 6.05. The minimum absolute atomic E-state index is 0.0858. The first-order chi connectivity index (χ1) is 9.06. The molecule has 1 atom stereocenters. The maximum absolute atomic E-state index is 13.1. The van der Waals surface area contributed by atoms with Crippen LogP contribution in [0.1, 0.15) is 19.8 Å². The summed E-state index contributed by atoms with van der Waals surface area (Å²) in [5.74, 6) is -0.476. The van der Waals surface area contributed by atoms with E-state index in [1.54, 1.807) is 0 Å². The van der Waals surface area contributed by atoms with Gasteiger partial charge in [-0.25, -0.2) is 4.39 Å². The van der Waals surface area contributed by atoms with Crippen LogP contribution in [0, 0.1) is 5.82 Å². The molecule has 0 aliphatic carbocycles. The van der Waals surface area contributed by atoms with Crippen molar-refractivity contribution in [2.24, 2.45) is 5.73 Å². The Bertz CT molecular complexity index is 428. The first-order valence-corrected chi connectivity index (χ1v) is 6.63. The van der Waals surface area contributed by atoms with Crippen molar-refractivity contribution in [3.63, 3.8) is 0 Å². The maximum Gasteiger partial charge on any atom is 0.222 e. The molecule has 6 heteroatoms. The van der Waals surface area contributed by atoms with Crippen molar-refractivity contribution >= 4 is 23.2 Å². The van der Waals surface area contributed by atoms with E-state index in [-0.39, 0.29) is 24.9 Å². The van der Waals surface area contributed by atoms with Crippen molar-refractivity contribution in [1.29, 1.82) is 0 Å². The Hall–Kier alpha value is -1.33. The lowest BCUT2D eigenvalue weighted by Gasteiger charge is -2.18. The van der Waals surface area contributed by atoms with E-state index in [0.29, 0.717) is 17.3 Å². The zero-order chi connectivity index (χ0) is 14.3. The third-order valence-electron chi connectivity index (χ3n) is 2.58. The minimum atomic E-state index is -0.391. The Morgan fingerprint density at radius 1 is 1.53 bits per heavy atom. The van der Waals surface area contributed by atoms with E-state index >= 15 is 0 Å². The molecule has 19 heavy (non-hydrogen) atoms. The topological polar surface area (TPSA) is 67.2 Å². The van der Waals surface area contributed by atoms with Gasteiger partial charge in [-0.2, -0.15) is 0 Å². The summed E-state index contributed by atoms with van der Waals surface area (Å²) < 4.78 is 13.1. The van der Waals surface area contributed by atoms with Crippen LogP contribution in [-0.2, 0) is 4.79 Å². The first kappa shape index (κ1) is 15.7. The van der Waals surface area contributed by atoms with Crippen molar-refractivity contribution in [3.8, 4) is 0 Å². The van der Waals surface area contributed by atoms with Gasteiger partial charge in [-0.1, -0.05) is 18.5 Å². The second kappa shape index (κ2) is 7.96. The van der Waals surface area contributed by atoms with Crippen LogP contribution in [-0.4, -0.2) is 25.0 Å². The highest BCUT2D eigenvalue weighted by atomic mass is 35.5. The molecule has 106 valence electrons. The Morgan fingerprint density at radius 3 is 2.89 bits per heavy atom. The number of hydrogen-bond donors (Lipinski definition) is 3. The highest BCUT2D eigenvalue weighted by Crippen LogP contribution is 2.23. The summed E-state index contributed by atoms with van der Waals surface area (Å²) in [7, 11) is 0. The second-order valence-corrected chi connectivity index (χ2v) is 4.66. The van der Waals surface area contributed by atoms with Gasteiger partial charge in [0.2, 0.25) is 5.91 Å². The molecule has 1 aromatic rings. The summed E-state index contributed by atoms with van der Waals surface area (Å²) in [6.45, 7) is 2.87. The zero-order valence-corrected chi connectivity index (χ0v) is 11.6. The van der Waals surface area contributed by atoms with E-state index < -0.39 is 5.82 Å². The molecule has 1 rings (SSSR count). The third kappa shape index (κ3) is 5.44. The van der Waals surface area contributed by atoms with Gasteiger partial charge in [-0.3, -0.25) is 4.79 Å². The largest absolute Gasteiger partial charge is 0.379 e. The lowest BCUT2D eigenvalue weighted by molar-refractivity contribution is -0.121. The summed E-state index contributed by atoms with van der Waals surface area (Å²) in [4.78, 5) is 11.6. The number of nitrogens with two attached hydrogens (primary N) is 1. The number of anilines is 1. The van der Waals surface area contributed by atoms with Gasteiger partial charge in [0, 0.05) is 25.6 Å². The van der Waals surface area contributed by atoms with Crippen LogP contribution >= 0.6 is 11.6 Å². The van der Waals surface area contributed by atoms with Crippen LogP contribution in [0.5, 0.6) is 0 Å². The van der Waals surface area contributed by atoms with Gasteiger partial charge in [-0.15, -0.1) is 0 Å². The molecular formula is C13H19ClFN3O. The van der Waals surface area contributed by atoms with Crippen LogP contribution in [0.3, 0.4) is 0 Å². The fourth-order valence-electron chi connectivity index (χ4n) is 1.58. The number of carbonyl (C=O) groups is 1. The number of benzene rings is 1. The number of carbonyl (C=O) groups excluding carboxylic acids is 1. The lowest BCUT2D eigenvalue weighted by atomic mass is 10.1. The zero-order valence-electron chi connectivity index (χ0n) is 10.9. The minimum Gasteiger partial charge on any atom is -0.379 e. The van der Waals surface area contributed by atoms with E-state index in [4.69, 9.17) is 17.3 Å². The van der Waals surface area contributed by atoms with Gasteiger partial charge in [-0.05, 0) is 24.6 Å². The Balaban J connectivity index is 2.61. The molecule has 0 aliphatic rings. The molecule has 0 fully saturated rings. The number of halogens is 2. The van der Waals surface area contributed by atoms with Gasteiger partial charge in [0.1, 0.15) is 5.82 Å². The Morgan fingerprint density at radius 2 is 2.26 bits per heavy atom. The van der Waals surface area contributed by atoms with Crippen molar-refractivity contribution < 1.29 is 9.18 Å². The van der Waals surface area contributed by atoms with Gasteiger partial charge in [0.05, 0.1) is 10.7 Å². The number of rotatable bonds is 7. The molecule has 0 aliphatic heterocycles. The number of amides is 1. The molecule has 1 unspecified atom stereocenters. The van der Waals surface area contributed by atoms with Crippen LogP contribution in [0.2, 0.25) is 5.02 Å². The molecule has 0 aromatic heterocycles. The van der Waals surface area contributed by atoms with Crippen LogP contribution < -0.4 is 16.4 Å². The lowest BCUT2D eigenvalue weighted by Crippen LogP contribution is -2.36. The summed E-state index contributed by atoms with van der Waals surface area (Å²) >= 11 is 5.95. The molecular weight excluding hydrogens is 269 g/mol. The van der Waals surface area contributed by atoms with Gasteiger partial charge in [0.25, 0.3) is 0 Å². The van der Waals surface area contributed by atoms with E-state index in [9.17, 15) is 9.18 Å². The average molecular weight is 288 g/mol. The van der Waals surface area contributed by atoms with Crippen LogP contribution in [0.15, 0.2) is 18.2 Å². The molecule has 0 spiro atoms. The summed E-state index contributed by atoms with van der Waals surface area (Å²) in [6, 6.07) is 3.74. The summed E-state index contributed by atoms with van der Waals surface area (Å²) in [6.07, 6.45) is 1.10. The molecule has 0 saturated carbocycles. The maximum atomic E-state index is 13.1. The normalized spacial score (nSPS) is 12.0. The van der Waals surface area contributed by atoms with Crippen molar-refractivity contribution in [2.75, 3.05) is 18.4 Å². The predicted octanol–water partition coefficient (Wildman–Crippen LogP) is 2.13. The molecule has 0 heterocycles. The van der Waals surface area contributed by atoms with Gasteiger partial charge < -0.3 is 16.4 Å². The number of nitrogens with one attached hydrogen (secondary N) is 2. The molecule has 1 aromatic carbocycles. The smallest absolute Gasteiger partial charge is 0.222 e. The SMILES string of the molecule is CCCNC(=O)CC(CN)Nc1cc(F)ccc1Cl. The standard InChI is InChI=1S/C13H19ClFN3O/c1-2-5-17-13(19)7-10(8-16)18-12-6-9(15)3-4-11(12)14/h3-4,6,10,18H,2,5,7-8,16H2,1H3,(H,17,19). The molecule has 0 radical (unpaired) electrons. The van der Waals surface area contributed by atoms with E-state index in [0.717, 1.165) is 6.42 Å². The molecule has 4 nitrogen and oxygen atoms in total. The third-order valence-corrected chi connectivity index (χ3v) is 2.91. The van der Waals surface area contributed by atoms with Crippen molar-refractivity contribution in [3.05, 3.63) is 29.0 Å². The Kier molecular flexibility index (Phi) is 6.59. The molecule has 0 saturated heterocycles. The highest BCUT2D eigenvalue weighted by molar-refractivity contribution is 6.33. The van der Waals surface area contributed by atoms with E-state index in [1.165, 1.54) is 18.2 Å². The average Bonchev–Trinajstić information content (AvgIpc) is 2.39. The fraction of sp³-hybridized carbons (Fsp3) is 0.462. The number of hydrogen-bond acceptors (Lipinski definition) is 3. The first-order valence-electron chi connectivity index (χ1n) is 6.25. The molecule has 1 amide bonds.